The van der Waals surface area contributed by atoms with Crippen molar-refractivity contribution in [1.82, 2.24) is 0 Å². The first-order valence-electron chi connectivity index (χ1n) is 6.22. The Morgan fingerprint density at radius 2 is 2.18 bits per heavy atom. The number of carbonyl (C=O) groups is 1. The molecule has 0 radical (unpaired) electrons. The molecule has 1 saturated heterocycles. The van der Waals surface area contributed by atoms with Gasteiger partial charge >= 0.3 is 5.97 Å². The molecule has 1 aliphatic heterocycles. The van der Waals surface area contributed by atoms with Gasteiger partial charge in [0.25, 0.3) is 0 Å². The van der Waals surface area contributed by atoms with E-state index >= 15 is 0 Å². The third kappa shape index (κ3) is 3.30. The van der Waals surface area contributed by atoms with Gasteiger partial charge in [0.05, 0.1) is 6.61 Å². The Bertz CT molecular complexity index is 300. The monoisotopic (exact) mass is 240 g/mol. The highest BCUT2D eigenvalue weighted by Gasteiger charge is 2.35. The average molecular weight is 240 g/mol. The summed E-state index contributed by atoms with van der Waals surface area (Å²) < 4.78 is 16.4. The summed E-state index contributed by atoms with van der Waals surface area (Å²) in [5.41, 5.74) is 0. The van der Waals surface area contributed by atoms with E-state index in [9.17, 15) is 4.79 Å². The van der Waals surface area contributed by atoms with E-state index in [1.54, 1.807) is 0 Å². The van der Waals surface area contributed by atoms with Crippen LogP contribution in [0.4, 0.5) is 0 Å². The summed E-state index contributed by atoms with van der Waals surface area (Å²) >= 11 is 0. The minimum absolute atomic E-state index is 0.109. The summed E-state index contributed by atoms with van der Waals surface area (Å²) in [4.78, 5) is 10.7. The van der Waals surface area contributed by atoms with Crippen molar-refractivity contribution in [2.75, 3.05) is 13.2 Å². The number of esters is 1. The zero-order chi connectivity index (χ0) is 12.3. The van der Waals surface area contributed by atoms with E-state index in [0.717, 1.165) is 12.8 Å². The molecule has 0 amide bonds. The molecule has 0 spiro atoms. The molecule has 4 unspecified atom stereocenters. The van der Waals surface area contributed by atoms with Crippen LogP contribution in [0.25, 0.3) is 0 Å². The van der Waals surface area contributed by atoms with Crippen molar-refractivity contribution in [2.24, 2.45) is 11.8 Å². The molecule has 1 aliphatic carbocycles. The SMILES string of the molecule is CC(=O)OCC1COC(C2CC=CCC2C)O1. The van der Waals surface area contributed by atoms with E-state index in [0.29, 0.717) is 25.0 Å². The molecule has 2 rings (SSSR count). The highest BCUT2D eigenvalue weighted by Crippen LogP contribution is 2.32. The zero-order valence-electron chi connectivity index (χ0n) is 10.4. The number of ether oxygens (including phenoxy) is 3. The molecule has 4 heteroatoms. The van der Waals surface area contributed by atoms with Crippen molar-refractivity contribution in [2.45, 2.75) is 39.1 Å². The van der Waals surface area contributed by atoms with E-state index in [4.69, 9.17) is 14.2 Å². The molecular formula is C13H20O4. The Hall–Kier alpha value is -0.870. The van der Waals surface area contributed by atoms with E-state index in [2.05, 4.69) is 19.1 Å². The summed E-state index contributed by atoms with van der Waals surface area (Å²) in [6.45, 7) is 4.44. The minimum atomic E-state index is -0.272. The fraction of sp³-hybridized carbons (Fsp3) is 0.769. The van der Waals surface area contributed by atoms with Crippen molar-refractivity contribution in [3.63, 3.8) is 0 Å². The number of allylic oxidation sites excluding steroid dienone is 2. The molecule has 0 N–H and O–H groups in total. The van der Waals surface area contributed by atoms with Crippen LogP contribution in [0.1, 0.15) is 26.7 Å². The lowest BCUT2D eigenvalue weighted by Gasteiger charge is -2.29. The predicted octanol–water partition coefficient (Wildman–Crippen LogP) is 1.89. The van der Waals surface area contributed by atoms with E-state index < -0.39 is 0 Å². The fourth-order valence-electron chi connectivity index (χ4n) is 2.34. The molecule has 0 aromatic rings. The molecule has 2 aliphatic rings. The Morgan fingerprint density at radius 1 is 1.41 bits per heavy atom. The summed E-state index contributed by atoms with van der Waals surface area (Å²) in [6, 6.07) is 0. The number of carbonyl (C=O) groups excluding carboxylic acids is 1. The van der Waals surface area contributed by atoms with Gasteiger partial charge in [0, 0.05) is 12.8 Å². The van der Waals surface area contributed by atoms with Gasteiger partial charge in [-0.1, -0.05) is 19.1 Å². The molecular weight excluding hydrogens is 220 g/mol. The maximum atomic E-state index is 10.7. The summed E-state index contributed by atoms with van der Waals surface area (Å²) in [7, 11) is 0. The summed E-state index contributed by atoms with van der Waals surface area (Å²) in [5, 5.41) is 0. The second-order valence-corrected chi connectivity index (χ2v) is 4.85. The largest absolute Gasteiger partial charge is 0.463 e. The van der Waals surface area contributed by atoms with Gasteiger partial charge in [-0.05, 0) is 18.8 Å². The number of hydrogen-bond donors (Lipinski definition) is 0. The van der Waals surface area contributed by atoms with Crippen molar-refractivity contribution < 1.29 is 19.0 Å². The van der Waals surface area contributed by atoms with E-state index in [-0.39, 0.29) is 18.4 Å². The maximum absolute atomic E-state index is 10.7. The van der Waals surface area contributed by atoms with Crippen LogP contribution in [0.5, 0.6) is 0 Å². The lowest BCUT2D eigenvalue weighted by atomic mass is 9.84. The van der Waals surface area contributed by atoms with E-state index in [1.165, 1.54) is 6.92 Å². The molecule has 0 aromatic heterocycles. The van der Waals surface area contributed by atoms with E-state index in [1.807, 2.05) is 0 Å². The fourth-order valence-corrected chi connectivity index (χ4v) is 2.34. The highest BCUT2D eigenvalue weighted by molar-refractivity contribution is 5.65. The van der Waals surface area contributed by atoms with Crippen LogP contribution in [-0.4, -0.2) is 31.6 Å². The molecule has 96 valence electrons. The van der Waals surface area contributed by atoms with Crippen LogP contribution in [-0.2, 0) is 19.0 Å². The van der Waals surface area contributed by atoms with Gasteiger partial charge < -0.3 is 14.2 Å². The van der Waals surface area contributed by atoms with Crippen molar-refractivity contribution in [3.8, 4) is 0 Å². The Labute approximate surface area is 102 Å². The molecule has 0 aromatic carbocycles. The molecule has 1 heterocycles. The van der Waals surface area contributed by atoms with Gasteiger partial charge in [0.1, 0.15) is 12.7 Å². The topological polar surface area (TPSA) is 44.8 Å². The average Bonchev–Trinajstić information content (AvgIpc) is 2.75. The molecule has 17 heavy (non-hydrogen) atoms. The third-order valence-electron chi connectivity index (χ3n) is 3.41. The summed E-state index contributed by atoms with van der Waals surface area (Å²) in [6.07, 6.45) is 6.25. The van der Waals surface area contributed by atoms with Crippen LogP contribution in [0.3, 0.4) is 0 Å². The van der Waals surface area contributed by atoms with Crippen LogP contribution in [0.15, 0.2) is 12.2 Å². The van der Waals surface area contributed by atoms with Crippen LogP contribution < -0.4 is 0 Å². The molecule has 0 bridgehead atoms. The van der Waals surface area contributed by atoms with Crippen molar-refractivity contribution in [1.29, 1.82) is 0 Å². The minimum Gasteiger partial charge on any atom is -0.463 e. The van der Waals surface area contributed by atoms with Gasteiger partial charge in [0.2, 0.25) is 0 Å². The number of hydrogen-bond acceptors (Lipinski definition) is 4. The first-order valence-corrected chi connectivity index (χ1v) is 6.22. The first kappa shape index (κ1) is 12.6. The first-order chi connectivity index (χ1) is 8.16. The Morgan fingerprint density at radius 3 is 2.88 bits per heavy atom. The molecule has 4 atom stereocenters. The van der Waals surface area contributed by atoms with Crippen molar-refractivity contribution >= 4 is 5.97 Å². The second-order valence-electron chi connectivity index (χ2n) is 4.85. The lowest BCUT2D eigenvalue weighted by Crippen LogP contribution is -2.29. The highest BCUT2D eigenvalue weighted by atomic mass is 16.7. The number of rotatable bonds is 3. The third-order valence-corrected chi connectivity index (χ3v) is 3.41. The van der Waals surface area contributed by atoms with Gasteiger partial charge in [0.15, 0.2) is 6.29 Å². The predicted molar refractivity (Wildman–Crippen MR) is 62.3 cm³/mol. The summed E-state index contributed by atoms with van der Waals surface area (Å²) in [5.74, 6) is 0.728. The Balaban J connectivity index is 1.80. The normalized spacial score (nSPS) is 37.1. The van der Waals surface area contributed by atoms with Gasteiger partial charge in [-0.2, -0.15) is 0 Å². The zero-order valence-corrected chi connectivity index (χ0v) is 10.4. The van der Waals surface area contributed by atoms with Gasteiger partial charge in [-0.3, -0.25) is 4.79 Å². The quantitative estimate of drug-likeness (QED) is 0.558. The van der Waals surface area contributed by atoms with Crippen LogP contribution in [0.2, 0.25) is 0 Å². The Kier molecular flexibility index (Phi) is 4.18. The maximum Gasteiger partial charge on any atom is 0.302 e. The van der Waals surface area contributed by atoms with Gasteiger partial charge in [-0.15, -0.1) is 0 Å². The lowest BCUT2D eigenvalue weighted by molar-refractivity contribution is -0.148. The van der Waals surface area contributed by atoms with Crippen LogP contribution >= 0.6 is 0 Å². The second kappa shape index (κ2) is 5.65. The van der Waals surface area contributed by atoms with Crippen LogP contribution in [0, 0.1) is 11.8 Å². The molecule has 1 fully saturated rings. The van der Waals surface area contributed by atoms with Gasteiger partial charge in [-0.25, -0.2) is 0 Å². The van der Waals surface area contributed by atoms with Crippen molar-refractivity contribution in [3.05, 3.63) is 12.2 Å². The standard InChI is InChI=1S/C13H20O4/c1-9-5-3-4-6-12(9)13-16-8-11(17-13)7-15-10(2)14/h3-4,9,11-13H,5-8H2,1-2H3. The molecule has 4 nitrogen and oxygen atoms in total. The molecule has 0 saturated carbocycles. The smallest absolute Gasteiger partial charge is 0.302 e.